The van der Waals surface area contributed by atoms with Crippen LogP contribution in [0.5, 0.6) is 0 Å². The van der Waals surface area contributed by atoms with Crippen LogP contribution in [0.4, 0.5) is 0 Å². The van der Waals surface area contributed by atoms with Crippen molar-refractivity contribution in [3.8, 4) is 11.1 Å². The van der Waals surface area contributed by atoms with Gasteiger partial charge in [-0.25, -0.2) is 4.79 Å². The molecule has 2 N–H and O–H groups in total. The summed E-state index contributed by atoms with van der Waals surface area (Å²) < 4.78 is 0. The molecule has 4 aromatic rings. The number of H-pyrrole nitrogens is 1. The third kappa shape index (κ3) is 2.16. The fourth-order valence-corrected chi connectivity index (χ4v) is 2.97. The number of hydrogen-bond acceptors (Lipinski definition) is 2. The number of carboxylic acid groups (broad SMARTS) is 1. The number of rotatable bonds is 2. The molecule has 0 fully saturated rings. The molecular weight excluding hydrogens is 288 g/mol. The first-order valence-corrected chi connectivity index (χ1v) is 7.34. The van der Waals surface area contributed by atoms with Crippen molar-refractivity contribution in [1.29, 1.82) is 0 Å². The minimum Gasteiger partial charge on any atom is -0.478 e. The second-order valence-electron chi connectivity index (χ2n) is 5.59. The average molecular weight is 302 g/mol. The Labute approximate surface area is 132 Å². The van der Waals surface area contributed by atoms with Crippen LogP contribution in [0.2, 0.25) is 0 Å². The number of fused-ring (bicyclic) bond motifs is 3. The lowest BCUT2D eigenvalue weighted by molar-refractivity contribution is 0.0697. The molecule has 4 nitrogen and oxygen atoms in total. The number of carbonyl (C=O) groups is 1. The Morgan fingerprint density at radius 2 is 1.87 bits per heavy atom. The molecule has 0 bridgehead atoms. The molecule has 112 valence electrons. The van der Waals surface area contributed by atoms with E-state index >= 15 is 0 Å². The predicted molar refractivity (Wildman–Crippen MR) is 90.7 cm³/mol. The van der Waals surface area contributed by atoms with Gasteiger partial charge in [0.1, 0.15) is 0 Å². The normalized spacial score (nSPS) is 11.2. The van der Waals surface area contributed by atoms with E-state index in [2.05, 4.69) is 16.0 Å². The first-order chi connectivity index (χ1) is 11.1. The Morgan fingerprint density at radius 1 is 1.04 bits per heavy atom. The van der Waals surface area contributed by atoms with E-state index in [9.17, 15) is 4.79 Å². The van der Waals surface area contributed by atoms with Crippen LogP contribution in [0.3, 0.4) is 0 Å². The lowest BCUT2D eigenvalue weighted by Crippen LogP contribution is -1.95. The number of hydrogen-bond donors (Lipinski definition) is 2. The van der Waals surface area contributed by atoms with Crippen molar-refractivity contribution in [2.45, 2.75) is 6.92 Å². The highest BCUT2D eigenvalue weighted by Crippen LogP contribution is 2.31. The Balaban J connectivity index is 1.95. The molecule has 2 aromatic carbocycles. The highest BCUT2D eigenvalue weighted by Gasteiger charge is 2.09. The van der Waals surface area contributed by atoms with Gasteiger partial charge in [-0.15, -0.1) is 0 Å². The second-order valence-corrected chi connectivity index (χ2v) is 5.59. The molecule has 0 aliphatic rings. The molecule has 23 heavy (non-hydrogen) atoms. The quantitative estimate of drug-likeness (QED) is 0.577. The fraction of sp³-hybridized carbons (Fsp3) is 0.0526. The van der Waals surface area contributed by atoms with Crippen LogP contribution in [0.25, 0.3) is 32.9 Å². The van der Waals surface area contributed by atoms with Crippen molar-refractivity contribution in [1.82, 2.24) is 9.97 Å². The molecule has 0 atom stereocenters. The van der Waals surface area contributed by atoms with Gasteiger partial charge in [0.2, 0.25) is 0 Å². The van der Waals surface area contributed by atoms with E-state index < -0.39 is 5.97 Å². The summed E-state index contributed by atoms with van der Waals surface area (Å²) in [5.74, 6) is -0.915. The summed E-state index contributed by atoms with van der Waals surface area (Å²) in [7, 11) is 0. The molecule has 0 unspecified atom stereocenters. The van der Waals surface area contributed by atoms with Crippen molar-refractivity contribution in [3.05, 3.63) is 66.0 Å². The first kappa shape index (κ1) is 13.5. The van der Waals surface area contributed by atoms with Gasteiger partial charge < -0.3 is 10.1 Å². The molecule has 2 heterocycles. The van der Waals surface area contributed by atoms with Crippen LogP contribution < -0.4 is 0 Å². The van der Waals surface area contributed by atoms with Crippen LogP contribution in [0.1, 0.15) is 16.1 Å². The Hall–Kier alpha value is -3.14. The number of aromatic carboxylic acids is 1. The molecule has 0 aliphatic carbocycles. The number of nitrogens with zero attached hydrogens (tertiary/aromatic N) is 1. The highest BCUT2D eigenvalue weighted by atomic mass is 16.4. The Morgan fingerprint density at radius 3 is 2.70 bits per heavy atom. The average Bonchev–Trinajstić information content (AvgIpc) is 2.94. The summed E-state index contributed by atoms with van der Waals surface area (Å²) >= 11 is 0. The summed E-state index contributed by atoms with van der Waals surface area (Å²) in [6.07, 6.45) is 1.81. The third-order valence-electron chi connectivity index (χ3n) is 4.15. The lowest BCUT2D eigenvalue weighted by atomic mass is 10.0. The van der Waals surface area contributed by atoms with Gasteiger partial charge in [-0.3, -0.25) is 4.98 Å². The molecule has 4 heteroatoms. The number of carboxylic acids is 1. The largest absolute Gasteiger partial charge is 0.478 e. The fourth-order valence-electron chi connectivity index (χ4n) is 2.97. The topological polar surface area (TPSA) is 66.0 Å². The molecule has 2 aromatic heterocycles. The molecule has 0 aliphatic heterocycles. The van der Waals surface area contributed by atoms with Crippen LogP contribution in [0, 0.1) is 6.92 Å². The summed E-state index contributed by atoms with van der Waals surface area (Å²) in [6, 6.07) is 15.1. The van der Waals surface area contributed by atoms with Gasteiger partial charge in [0.15, 0.2) is 0 Å². The zero-order valence-corrected chi connectivity index (χ0v) is 12.5. The maximum absolute atomic E-state index is 11.2. The van der Waals surface area contributed by atoms with E-state index in [-0.39, 0.29) is 0 Å². The number of aromatic amines is 1. The number of benzene rings is 2. The predicted octanol–water partition coefficient (Wildman–Crippen LogP) is 4.39. The monoisotopic (exact) mass is 302 g/mol. The first-order valence-electron chi connectivity index (χ1n) is 7.34. The molecule has 0 radical (unpaired) electrons. The summed E-state index contributed by atoms with van der Waals surface area (Å²) in [6.45, 7) is 1.98. The minimum atomic E-state index is -0.915. The third-order valence-corrected chi connectivity index (χ3v) is 4.15. The van der Waals surface area contributed by atoms with Crippen molar-refractivity contribution >= 4 is 27.8 Å². The summed E-state index contributed by atoms with van der Waals surface area (Å²) in [5, 5.41) is 11.4. The van der Waals surface area contributed by atoms with E-state index in [1.807, 2.05) is 37.4 Å². The van der Waals surface area contributed by atoms with Gasteiger partial charge in [-0.2, -0.15) is 0 Å². The van der Waals surface area contributed by atoms with Gasteiger partial charge in [-0.05, 0) is 48.4 Å². The molecule has 4 rings (SSSR count). The van der Waals surface area contributed by atoms with E-state index in [0.29, 0.717) is 5.56 Å². The van der Waals surface area contributed by atoms with Crippen molar-refractivity contribution < 1.29 is 9.90 Å². The summed E-state index contributed by atoms with van der Waals surface area (Å²) in [5.41, 5.74) is 5.24. The van der Waals surface area contributed by atoms with Crippen LogP contribution in [-0.2, 0) is 0 Å². The standard InChI is InChI=1S/C19H14N2O2/c1-11-18-15(7-8-20-11)16-10-13(5-6-17(16)21-18)12-3-2-4-14(9-12)19(22)23/h2-10,21H,1H3,(H,22,23). The number of aromatic nitrogens is 2. The number of aryl methyl sites for hydroxylation is 1. The molecule has 0 spiro atoms. The second kappa shape index (κ2) is 4.95. The van der Waals surface area contributed by atoms with Gasteiger partial charge in [0.05, 0.1) is 16.8 Å². The maximum atomic E-state index is 11.2. The Bertz CT molecular complexity index is 1060. The SMILES string of the molecule is Cc1nccc2c1[nH]c1ccc(-c3cccc(C(=O)O)c3)cc12. The number of pyridine rings is 1. The van der Waals surface area contributed by atoms with Gasteiger partial charge in [-0.1, -0.05) is 18.2 Å². The van der Waals surface area contributed by atoms with Gasteiger partial charge in [0, 0.05) is 22.5 Å². The van der Waals surface area contributed by atoms with Crippen LogP contribution >= 0.6 is 0 Å². The molecule has 0 amide bonds. The molecule has 0 saturated heterocycles. The van der Waals surface area contributed by atoms with Crippen LogP contribution in [-0.4, -0.2) is 21.0 Å². The van der Waals surface area contributed by atoms with E-state index in [1.165, 1.54) is 0 Å². The van der Waals surface area contributed by atoms with Crippen molar-refractivity contribution in [2.24, 2.45) is 0 Å². The minimum absolute atomic E-state index is 0.293. The van der Waals surface area contributed by atoms with E-state index in [4.69, 9.17) is 5.11 Å². The summed E-state index contributed by atoms with van der Waals surface area (Å²) in [4.78, 5) is 18.9. The smallest absolute Gasteiger partial charge is 0.335 e. The molecule has 0 saturated carbocycles. The van der Waals surface area contributed by atoms with Gasteiger partial charge >= 0.3 is 5.97 Å². The maximum Gasteiger partial charge on any atom is 0.335 e. The van der Waals surface area contributed by atoms with Crippen molar-refractivity contribution in [3.63, 3.8) is 0 Å². The van der Waals surface area contributed by atoms with Crippen molar-refractivity contribution in [2.75, 3.05) is 0 Å². The van der Waals surface area contributed by atoms with E-state index in [1.54, 1.807) is 18.2 Å². The van der Waals surface area contributed by atoms with Crippen LogP contribution in [0.15, 0.2) is 54.7 Å². The molecular formula is C19H14N2O2. The highest BCUT2D eigenvalue weighted by molar-refractivity contribution is 6.09. The zero-order valence-electron chi connectivity index (χ0n) is 12.5. The van der Waals surface area contributed by atoms with E-state index in [0.717, 1.165) is 38.6 Å². The zero-order chi connectivity index (χ0) is 16.0. The number of nitrogens with one attached hydrogen (secondary N) is 1. The Kier molecular flexibility index (Phi) is 2.91. The lowest BCUT2D eigenvalue weighted by Gasteiger charge is -2.04. The van der Waals surface area contributed by atoms with Gasteiger partial charge in [0.25, 0.3) is 0 Å².